The maximum atomic E-state index is 13.5. The third-order valence-corrected chi connectivity index (χ3v) is 6.38. The predicted molar refractivity (Wildman–Crippen MR) is 141 cm³/mol. The van der Waals surface area contributed by atoms with Crippen molar-refractivity contribution in [3.63, 3.8) is 0 Å². The van der Waals surface area contributed by atoms with E-state index in [-0.39, 0.29) is 23.1 Å². The third kappa shape index (κ3) is 6.19. The van der Waals surface area contributed by atoms with E-state index in [9.17, 15) is 27.9 Å². The van der Waals surface area contributed by atoms with E-state index >= 15 is 0 Å². The molecule has 0 spiro atoms. The van der Waals surface area contributed by atoms with Crippen molar-refractivity contribution in [3.8, 4) is 11.8 Å². The first kappa shape index (κ1) is 27.6. The van der Waals surface area contributed by atoms with Gasteiger partial charge in [-0.15, -0.1) is 0 Å². The maximum absolute atomic E-state index is 13.5. The topological polar surface area (TPSA) is 92.4 Å². The van der Waals surface area contributed by atoms with E-state index in [1.165, 1.54) is 30.3 Å². The molecule has 1 heterocycles. The molecule has 200 valence electrons. The van der Waals surface area contributed by atoms with Gasteiger partial charge < -0.3 is 14.9 Å². The second kappa shape index (κ2) is 10.4. The van der Waals surface area contributed by atoms with Crippen LogP contribution in [0.3, 0.4) is 0 Å². The zero-order valence-corrected chi connectivity index (χ0v) is 21.4. The molecular weight excluding hydrogens is 509 g/mol. The minimum Gasteiger partial charge on any atom is -0.369 e. The van der Waals surface area contributed by atoms with Crippen LogP contribution in [-0.4, -0.2) is 21.8 Å². The lowest BCUT2D eigenvalue weighted by molar-refractivity contribution is -0.137. The summed E-state index contributed by atoms with van der Waals surface area (Å²) in [4.78, 5) is 25.5. The molecule has 3 aromatic carbocycles. The van der Waals surface area contributed by atoms with Crippen LogP contribution in [0.25, 0.3) is 10.8 Å². The summed E-state index contributed by atoms with van der Waals surface area (Å²) < 4.78 is 44.3. The van der Waals surface area contributed by atoms with Crippen molar-refractivity contribution in [2.75, 3.05) is 5.32 Å². The molecule has 39 heavy (non-hydrogen) atoms. The molecule has 9 heteroatoms. The van der Waals surface area contributed by atoms with Crippen LogP contribution in [0, 0.1) is 18.8 Å². The molecule has 0 aliphatic carbocycles. The minimum absolute atomic E-state index is 0.00676. The molecule has 4 rings (SSSR count). The number of aliphatic hydroxyl groups is 1. The molecule has 1 unspecified atom stereocenters. The van der Waals surface area contributed by atoms with Gasteiger partial charge in [0.2, 0.25) is 5.60 Å². The summed E-state index contributed by atoms with van der Waals surface area (Å²) in [6.07, 6.45) is -4.74. The standard InChI is InChI=1S/C30H25F3N2O4/c1-19-25-17-23(12-13-24(25)26(36)39-35-19)34-27(37)29(38,18-28(2,3)21-9-5-4-6-10-21)15-14-20-8-7-11-22(16-20)30(31,32)33/h4-13,16-17,38H,18H2,1-3H3,(H,34,37). The Kier molecular flexibility index (Phi) is 7.35. The number of halogens is 3. The van der Waals surface area contributed by atoms with Gasteiger partial charge in [-0.3, -0.25) is 4.79 Å². The zero-order valence-electron chi connectivity index (χ0n) is 21.4. The van der Waals surface area contributed by atoms with Crippen LogP contribution in [0.2, 0.25) is 0 Å². The van der Waals surface area contributed by atoms with Gasteiger partial charge in [-0.05, 0) is 54.3 Å². The molecule has 1 atom stereocenters. The summed E-state index contributed by atoms with van der Waals surface area (Å²) in [5, 5.41) is 18.7. The number of aryl methyl sites for hydroxylation is 1. The average molecular weight is 535 g/mol. The van der Waals surface area contributed by atoms with Gasteiger partial charge in [0.05, 0.1) is 16.6 Å². The number of nitrogens with one attached hydrogen (secondary N) is 1. The lowest BCUT2D eigenvalue weighted by atomic mass is 9.75. The van der Waals surface area contributed by atoms with Crippen LogP contribution >= 0.6 is 0 Å². The molecule has 0 aliphatic heterocycles. The molecule has 0 saturated heterocycles. The van der Waals surface area contributed by atoms with Crippen molar-refractivity contribution >= 4 is 22.4 Å². The highest BCUT2D eigenvalue weighted by Gasteiger charge is 2.41. The van der Waals surface area contributed by atoms with Crippen LogP contribution in [0.1, 0.15) is 42.7 Å². The third-order valence-electron chi connectivity index (χ3n) is 6.38. The fourth-order valence-electron chi connectivity index (χ4n) is 4.30. The van der Waals surface area contributed by atoms with E-state index in [1.54, 1.807) is 6.92 Å². The van der Waals surface area contributed by atoms with E-state index < -0.39 is 34.3 Å². The smallest absolute Gasteiger partial charge is 0.369 e. The van der Waals surface area contributed by atoms with Crippen LogP contribution < -0.4 is 10.9 Å². The summed E-state index contributed by atoms with van der Waals surface area (Å²) in [5.74, 6) is 4.23. The Hall–Kier alpha value is -4.42. The molecule has 0 aliphatic rings. The largest absolute Gasteiger partial charge is 0.416 e. The summed E-state index contributed by atoms with van der Waals surface area (Å²) in [5.41, 5.74) is -3.07. The Morgan fingerprint density at radius 2 is 1.67 bits per heavy atom. The molecule has 0 bridgehead atoms. The number of anilines is 1. The van der Waals surface area contributed by atoms with Gasteiger partial charge in [-0.1, -0.05) is 67.2 Å². The second-order valence-electron chi connectivity index (χ2n) is 9.89. The first-order valence-corrected chi connectivity index (χ1v) is 12.0. The van der Waals surface area contributed by atoms with Gasteiger partial charge in [0.1, 0.15) is 0 Å². The minimum atomic E-state index is -4.57. The number of hydrogen-bond acceptors (Lipinski definition) is 5. The Morgan fingerprint density at radius 3 is 2.36 bits per heavy atom. The number of alkyl halides is 3. The number of fused-ring (bicyclic) bond motifs is 1. The summed E-state index contributed by atoms with van der Waals surface area (Å²) >= 11 is 0. The number of rotatable bonds is 5. The summed E-state index contributed by atoms with van der Waals surface area (Å²) in [7, 11) is 0. The van der Waals surface area contributed by atoms with Crippen molar-refractivity contribution in [1.29, 1.82) is 0 Å². The van der Waals surface area contributed by atoms with E-state index in [2.05, 4.69) is 22.3 Å². The van der Waals surface area contributed by atoms with Gasteiger partial charge >= 0.3 is 11.8 Å². The summed E-state index contributed by atoms with van der Waals surface area (Å²) in [6.45, 7) is 5.30. The average Bonchev–Trinajstić information content (AvgIpc) is 2.90. The number of nitrogens with zero attached hydrogens (tertiary/aromatic N) is 1. The number of carbonyl (C=O) groups excluding carboxylic acids is 1. The molecule has 1 amide bonds. The fraction of sp³-hybridized carbons (Fsp3) is 0.233. The molecule has 4 aromatic rings. The highest BCUT2D eigenvalue weighted by Crippen LogP contribution is 2.34. The Balaban J connectivity index is 1.74. The fourth-order valence-corrected chi connectivity index (χ4v) is 4.30. The zero-order chi connectivity index (χ0) is 28.4. The monoisotopic (exact) mass is 534 g/mol. The summed E-state index contributed by atoms with van der Waals surface area (Å²) in [6, 6.07) is 18.0. The van der Waals surface area contributed by atoms with E-state index in [4.69, 9.17) is 4.52 Å². The van der Waals surface area contributed by atoms with Crippen molar-refractivity contribution in [2.45, 2.75) is 44.4 Å². The Bertz CT molecular complexity index is 1650. The molecular formula is C30H25F3N2O4. The molecule has 0 fully saturated rings. The van der Waals surface area contributed by atoms with E-state index in [1.807, 2.05) is 44.2 Å². The van der Waals surface area contributed by atoms with Crippen LogP contribution in [0.5, 0.6) is 0 Å². The SMILES string of the molecule is Cc1noc(=O)c2ccc(NC(=O)C(O)(C#Cc3cccc(C(F)(F)F)c3)CC(C)(C)c3ccccc3)cc12. The maximum Gasteiger partial charge on any atom is 0.416 e. The van der Waals surface area contributed by atoms with E-state index in [0.29, 0.717) is 11.1 Å². The first-order chi connectivity index (χ1) is 18.3. The van der Waals surface area contributed by atoms with Gasteiger partial charge in [-0.2, -0.15) is 13.2 Å². The molecule has 2 N–H and O–H groups in total. The van der Waals surface area contributed by atoms with Crippen molar-refractivity contribution in [3.05, 3.63) is 106 Å². The van der Waals surface area contributed by atoms with Gasteiger partial charge in [0, 0.05) is 23.1 Å². The number of amides is 1. The normalized spacial score (nSPS) is 13.3. The lowest BCUT2D eigenvalue weighted by Gasteiger charge is -2.32. The number of hydrogen-bond donors (Lipinski definition) is 2. The molecule has 6 nitrogen and oxygen atoms in total. The number of benzene rings is 3. The van der Waals surface area contributed by atoms with Crippen molar-refractivity contribution < 1.29 is 27.6 Å². The van der Waals surface area contributed by atoms with E-state index in [0.717, 1.165) is 17.7 Å². The predicted octanol–water partition coefficient (Wildman–Crippen LogP) is 5.60. The van der Waals surface area contributed by atoms with Crippen molar-refractivity contribution in [2.24, 2.45) is 0 Å². The van der Waals surface area contributed by atoms with Gasteiger partial charge in [0.15, 0.2) is 0 Å². The Labute approximate surface area is 222 Å². The molecule has 0 radical (unpaired) electrons. The number of carbonyl (C=O) groups is 1. The Morgan fingerprint density at radius 1 is 0.974 bits per heavy atom. The second-order valence-corrected chi connectivity index (χ2v) is 9.89. The first-order valence-electron chi connectivity index (χ1n) is 12.0. The van der Waals surface area contributed by atoms with Crippen LogP contribution in [0.15, 0.2) is 82.1 Å². The highest BCUT2D eigenvalue weighted by molar-refractivity contribution is 6.01. The van der Waals surface area contributed by atoms with Crippen molar-refractivity contribution in [1.82, 2.24) is 5.16 Å². The van der Waals surface area contributed by atoms with Gasteiger partial charge in [-0.25, -0.2) is 4.79 Å². The molecule has 1 aromatic heterocycles. The number of aromatic nitrogens is 1. The van der Waals surface area contributed by atoms with Crippen LogP contribution in [-0.2, 0) is 16.4 Å². The quantitative estimate of drug-likeness (QED) is 0.325. The molecule has 0 saturated carbocycles. The van der Waals surface area contributed by atoms with Crippen LogP contribution in [0.4, 0.5) is 18.9 Å². The lowest BCUT2D eigenvalue weighted by Crippen LogP contribution is -2.46. The highest BCUT2D eigenvalue weighted by atomic mass is 19.4. The van der Waals surface area contributed by atoms with Gasteiger partial charge in [0.25, 0.3) is 5.91 Å².